The molecule has 6 amide bonds. The molecule has 7 fully saturated rings. The average molecular weight is 1360 g/mol. The van der Waals surface area contributed by atoms with Gasteiger partial charge in [-0.2, -0.15) is 0 Å². The van der Waals surface area contributed by atoms with Crippen LogP contribution in [0.15, 0.2) is 54.6 Å². The van der Waals surface area contributed by atoms with Crippen LogP contribution in [-0.2, 0) is 40.0 Å². The van der Waals surface area contributed by atoms with Crippen LogP contribution in [0.2, 0.25) is 0 Å². The highest BCUT2D eigenvalue weighted by Gasteiger charge is 2.52. The van der Waals surface area contributed by atoms with E-state index < -0.39 is 0 Å². The van der Waals surface area contributed by atoms with Gasteiger partial charge in [0.05, 0.1) is 18.9 Å². The summed E-state index contributed by atoms with van der Waals surface area (Å²) in [7, 11) is 0. The van der Waals surface area contributed by atoms with E-state index in [-0.39, 0.29) is 88.4 Å². The molecule has 2 bridgehead atoms. The number of hydrogen-bond acceptors (Lipinski definition) is 15. The number of hydrogen-bond donors (Lipinski definition) is 0. The Morgan fingerprint density at radius 2 is 0.990 bits per heavy atom. The maximum Gasteiger partial charge on any atom is 0.410 e. The summed E-state index contributed by atoms with van der Waals surface area (Å²) < 4.78 is 62.0. The first-order chi connectivity index (χ1) is 46.7. The molecular formula is C73H94F3N11O9S. The van der Waals surface area contributed by atoms with Crippen LogP contribution in [0.25, 0.3) is 0 Å². The van der Waals surface area contributed by atoms with E-state index >= 15 is 0 Å². The fraction of sp³-hybridized carbons (Fsp3) is 0.616. The van der Waals surface area contributed by atoms with Gasteiger partial charge in [-0.05, 0) is 239 Å². The highest BCUT2D eigenvalue weighted by atomic mass is 32.1. The summed E-state index contributed by atoms with van der Waals surface area (Å²) in [6.07, 6.45) is 18.3. The molecule has 11 heterocycles. The molecular weight excluding hydrogens is 1260 g/mol. The number of likely N-dealkylation sites (tertiary alicyclic amines) is 5. The number of terminal acetylenes is 1. The molecule has 97 heavy (non-hydrogen) atoms. The predicted molar refractivity (Wildman–Crippen MR) is 363 cm³/mol. The van der Waals surface area contributed by atoms with Crippen LogP contribution in [0.4, 0.5) is 44.6 Å². The van der Waals surface area contributed by atoms with Crippen molar-refractivity contribution >= 4 is 64.6 Å². The third kappa shape index (κ3) is 14.5. The minimum Gasteiger partial charge on any atom is -0.450 e. The molecule has 2 unspecified atom stereocenters. The summed E-state index contributed by atoms with van der Waals surface area (Å²) in [5.41, 5.74) is 5.56. The Morgan fingerprint density at radius 1 is 0.557 bits per heavy atom. The van der Waals surface area contributed by atoms with E-state index in [0.717, 1.165) is 194 Å². The number of carbonyl (C=O) groups is 6. The number of fused-ring (bicyclic) bond motifs is 8. The molecule has 10 aliphatic heterocycles. The van der Waals surface area contributed by atoms with E-state index in [4.69, 9.17) is 20.6 Å². The molecule has 20 nitrogen and oxygen atoms in total. The summed E-state index contributed by atoms with van der Waals surface area (Å²) in [5, 5.41) is 4.01. The zero-order chi connectivity index (χ0) is 68.3. The number of aryl methyl sites for hydroxylation is 1. The van der Waals surface area contributed by atoms with Crippen LogP contribution in [0.3, 0.4) is 0 Å². The Balaban J connectivity index is 0.000000140. The molecule has 0 aliphatic carbocycles. The van der Waals surface area contributed by atoms with Gasteiger partial charge in [-0.3, -0.25) is 14.4 Å². The molecule has 7 saturated heterocycles. The number of aromatic nitrogens is 2. The summed E-state index contributed by atoms with van der Waals surface area (Å²) in [6, 6.07) is 15.9. The van der Waals surface area contributed by atoms with Crippen LogP contribution in [0.1, 0.15) is 156 Å². The van der Waals surface area contributed by atoms with Crippen molar-refractivity contribution in [3.8, 4) is 12.3 Å². The molecule has 3 spiro atoms. The second kappa shape index (κ2) is 29.6. The quantitative estimate of drug-likeness (QED) is 0.0875. The molecule has 24 heteroatoms. The van der Waals surface area contributed by atoms with Gasteiger partial charge in [0.25, 0.3) is 5.91 Å². The third-order valence-electron chi connectivity index (χ3n) is 23.1. The maximum absolute atomic E-state index is 14.4. The molecule has 4 aromatic rings. The molecule has 10 aliphatic rings. The largest absolute Gasteiger partial charge is 0.450 e. The smallest absolute Gasteiger partial charge is 0.410 e. The van der Waals surface area contributed by atoms with E-state index in [1.165, 1.54) is 18.2 Å². The summed E-state index contributed by atoms with van der Waals surface area (Å²) in [6.45, 7) is 21.1. The first-order valence-electron chi connectivity index (χ1n) is 35.2. The highest BCUT2D eigenvalue weighted by molar-refractivity contribution is 7.08. The minimum atomic E-state index is -0.278. The minimum absolute atomic E-state index is 0.00802. The van der Waals surface area contributed by atoms with Crippen molar-refractivity contribution < 1.29 is 56.1 Å². The molecule has 0 N–H and O–H groups in total. The van der Waals surface area contributed by atoms with Crippen molar-refractivity contribution in [2.24, 2.45) is 5.92 Å². The molecule has 2 atom stereocenters. The van der Waals surface area contributed by atoms with Gasteiger partial charge in [-0.1, -0.05) is 4.49 Å². The Kier molecular flexibility index (Phi) is 21.2. The number of amides is 6. The fourth-order valence-electron chi connectivity index (χ4n) is 17.8. The number of rotatable bonds is 9. The summed E-state index contributed by atoms with van der Waals surface area (Å²) in [4.78, 5) is 93.3. The van der Waals surface area contributed by atoms with Crippen molar-refractivity contribution in [2.45, 2.75) is 171 Å². The lowest BCUT2D eigenvalue weighted by atomic mass is 9.73. The van der Waals surface area contributed by atoms with Crippen molar-refractivity contribution in [1.29, 1.82) is 0 Å². The Labute approximate surface area is 572 Å². The number of carbonyl (C=O) groups excluding carboxylic acids is 6. The number of halogens is 3. The lowest BCUT2D eigenvalue weighted by Crippen LogP contribution is -2.55. The van der Waals surface area contributed by atoms with E-state index in [2.05, 4.69) is 30.2 Å². The molecule has 0 radical (unpaired) electrons. The van der Waals surface area contributed by atoms with Crippen LogP contribution in [0, 0.1) is 42.6 Å². The molecule has 0 saturated carbocycles. The Bertz CT molecular complexity index is 3570. The second-order valence-corrected chi connectivity index (χ2v) is 29.3. The standard InChI is InChI=1S/C26H32FN5O3S.C24H30FN3O3.C23H32FN3O3/c1-3-35-25(34)32-18-5-6-19(32)14-20(13-18)30-10-8-26(9-11-30)15-31(22-7-4-17(27)12-21(22)26)24(33)23-16(2)28-29-36-23;1-3-4-15-31-23(30)27-11-7-20(8-12-27)26-13-9-24(10-14-26)17-28(18(2)29)22-6-5-19(25)16-21(22)24;1-3-30-22(29)26-10-6-18(7-11-26)15-25-12-8-23(9-13-25)16-27(17(2)28)21-5-4-19(24)14-20(21)23/h4,7,12,18-20H,3,5-6,8-11,13-15H2,1-2H3;1,5-6,16,20H,4,7-15,17H2,2H3;4-5,14,18H,3,6-13,15-16H2,1-2H3. The van der Waals surface area contributed by atoms with Crippen LogP contribution >= 0.6 is 11.5 Å². The maximum atomic E-state index is 14.4. The van der Waals surface area contributed by atoms with Gasteiger partial charge in [0, 0.05) is 130 Å². The zero-order valence-corrected chi connectivity index (χ0v) is 57.7. The Hall–Kier alpha value is -7.33. The predicted octanol–water partition coefficient (Wildman–Crippen LogP) is 10.7. The summed E-state index contributed by atoms with van der Waals surface area (Å²) in [5.74, 6) is 2.26. The van der Waals surface area contributed by atoms with Gasteiger partial charge in [-0.25, -0.2) is 27.6 Å². The lowest BCUT2D eigenvalue weighted by molar-refractivity contribution is -0.117. The van der Waals surface area contributed by atoms with Crippen molar-refractivity contribution in [2.75, 3.05) is 126 Å². The molecule has 14 rings (SSSR count). The van der Waals surface area contributed by atoms with Crippen LogP contribution in [-0.4, -0.2) is 211 Å². The number of piperidine rings is 6. The number of anilines is 3. The highest BCUT2D eigenvalue weighted by Crippen LogP contribution is 2.52. The van der Waals surface area contributed by atoms with E-state index in [1.807, 2.05) is 33.4 Å². The molecule has 3 aromatic carbocycles. The third-order valence-corrected chi connectivity index (χ3v) is 23.9. The van der Waals surface area contributed by atoms with Gasteiger partial charge in [0.2, 0.25) is 11.8 Å². The SMILES string of the molecule is C#CCCOC(=O)N1CCC(N2CCC3(CC2)CN(C(C)=O)c2ccc(F)cc23)CC1.CCOC(=O)N1C2CCC1CC(N1CCC3(CC1)CN(C(=O)c1snnc1C)c1ccc(F)cc13)C2.CCOC(=O)N1CCC(CN2CCC3(CC2)CN(C(C)=O)c2ccc(F)cc23)CC1. The van der Waals surface area contributed by atoms with Crippen LogP contribution < -0.4 is 14.7 Å². The monoisotopic (exact) mass is 1360 g/mol. The average Bonchev–Trinajstić information content (AvgIpc) is 1.60. The van der Waals surface area contributed by atoms with Crippen molar-refractivity contribution in [1.82, 2.24) is 39.0 Å². The zero-order valence-electron chi connectivity index (χ0n) is 56.9. The molecule has 1 aromatic heterocycles. The van der Waals surface area contributed by atoms with Gasteiger partial charge < -0.3 is 58.3 Å². The van der Waals surface area contributed by atoms with Crippen LogP contribution in [0.5, 0.6) is 0 Å². The number of benzene rings is 3. The lowest BCUT2D eigenvalue weighted by Gasteiger charge is -2.47. The first kappa shape index (κ1) is 69.6. The van der Waals surface area contributed by atoms with E-state index in [0.29, 0.717) is 80.9 Å². The fourth-order valence-corrected chi connectivity index (χ4v) is 18.4. The Morgan fingerprint density at radius 3 is 1.44 bits per heavy atom. The first-order valence-corrected chi connectivity index (χ1v) is 36.0. The van der Waals surface area contributed by atoms with Gasteiger partial charge >= 0.3 is 18.3 Å². The summed E-state index contributed by atoms with van der Waals surface area (Å²) >= 11 is 1.12. The normalized spacial score (nSPS) is 23.4. The van der Waals surface area contributed by atoms with Crippen molar-refractivity contribution in [3.05, 3.63) is 99.3 Å². The molecule has 522 valence electrons. The number of nitrogens with zero attached hydrogens (tertiary/aromatic N) is 11. The van der Waals surface area contributed by atoms with Gasteiger partial charge in [0.15, 0.2) is 0 Å². The topological polar surface area (TPSA) is 185 Å². The van der Waals surface area contributed by atoms with Crippen molar-refractivity contribution in [3.63, 3.8) is 0 Å². The van der Waals surface area contributed by atoms with Gasteiger partial charge in [0.1, 0.15) is 28.9 Å². The number of ether oxygens (including phenoxy) is 3. The van der Waals surface area contributed by atoms with Gasteiger partial charge in [-0.15, -0.1) is 17.4 Å². The second-order valence-electron chi connectivity index (χ2n) is 28.5. The van der Waals surface area contributed by atoms with E-state index in [9.17, 15) is 41.9 Å². The van der Waals surface area contributed by atoms with E-state index in [1.54, 1.807) is 67.0 Å².